The summed E-state index contributed by atoms with van der Waals surface area (Å²) in [5, 5.41) is 0. The molecule has 0 N–H and O–H groups in total. The fourth-order valence-electron chi connectivity index (χ4n) is 0.488. The van der Waals surface area contributed by atoms with Gasteiger partial charge in [-0.2, -0.15) is 0 Å². The Morgan fingerprint density at radius 1 is 1.78 bits per heavy atom. The lowest BCUT2D eigenvalue weighted by Crippen LogP contribution is -2.14. The van der Waals surface area contributed by atoms with Crippen LogP contribution < -0.4 is 4.34 Å². The molecule has 1 atom stereocenters. The number of nitrogens with zero attached hydrogens (tertiary/aromatic N) is 1. The molecule has 0 saturated carbocycles. The van der Waals surface area contributed by atoms with E-state index in [1.54, 1.807) is 10.4 Å². The number of rotatable bonds is 1. The van der Waals surface area contributed by atoms with E-state index in [4.69, 9.17) is 0 Å². The van der Waals surface area contributed by atoms with Gasteiger partial charge in [0.15, 0.2) is 15.6 Å². The highest BCUT2D eigenvalue weighted by Gasteiger charge is 1.85. The van der Waals surface area contributed by atoms with Crippen LogP contribution in [0.4, 0.5) is 0 Å². The van der Waals surface area contributed by atoms with Crippen molar-refractivity contribution in [3.63, 3.8) is 0 Å². The Morgan fingerprint density at radius 3 is 3.00 bits per heavy atom. The summed E-state index contributed by atoms with van der Waals surface area (Å²) in [5.41, 5.74) is 0.966. The van der Waals surface area contributed by atoms with Gasteiger partial charge in [0.1, 0.15) is 0 Å². The van der Waals surface area contributed by atoms with Crippen LogP contribution in [0, 0.1) is 12.3 Å². The van der Waals surface area contributed by atoms with E-state index in [0.717, 1.165) is 5.56 Å². The molecule has 1 nitrogen and oxygen atoms in total. The largest absolute Gasteiger partial charge is 0.228 e. The maximum atomic E-state index is 3.59. The van der Waals surface area contributed by atoms with Crippen LogP contribution in [0.25, 0.3) is 6.08 Å². The SMILES string of the molecule is C=Cc1c#c[n+](P)cc1. The molecule has 1 aromatic heterocycles. The minimum absolute atomic E-state index is 0.966. The molecule has 0 amide bonds. The Hall–Kier alpha value is -0.860. The normalized spacial score (nSPS) is 8.11. The third-order valence-corrected chi connectivity index (χ3v) is 1.27. The van der Waals surface area contributed by atoms with Gasteiger partial charge in [0, 0.05) is 17.7 Å². The number of aromatic nitrogens is 1. The molecule has 2 heteroatoms. The molecule has 0 aromatic carbocycles. The summed E-state index contributed by atoms with van der Waals surface area (Å²) in [6, 6.07) is 4.80. The quantitative estimate of drug-likeness (QED) is 0.504. The van der Waals surface area contributed by atoms with E-state index in [2.05, 4.69) is 28.2 Å². The van der Waals surface area contributed by atoms with Crippen molar-refractivity contribution in [3.8, 4) is 0 Å². The van der Waals surface area contributed by atoms with Crippen molar-refractivity contribution < 1.29 is 4.34 Å². The second kappa shape index (κ2) is 2.62. The van der Waals surface area contributed by atoms with E-state index >= 15 is 0 Å². The summed E-state index contributed by atoms with van der Waals surface area (Å²) in [6.07, 6.45) is 6.44. The van der Waals surface area contributed by atoms with Crippen LogP contribution in [0.3, 0.4) is 0 Å². The molecule has 1 aromatic rings. The minimum Gasteiger partial charge on any atom is -0.140 e. The highest BCUT2D eigenvalue weighted by atomic mass is 31.0. The van der Waals surface area contributed by atoms with Gasteiger partial charge in [-0.05, 0) is 0 Å². The maximum absolute atomic E-state index is 3.59. The van der Waals surface area contributed by atoms with Crippen molar-refractivity contribution in [1.82, 2.24) is 0 Å². The molecule has 1 heterocycles. The van der Waals surface area contributed by atoms with Crippen LogP contribution in [-0.4, -0.2) is 0 Å². The molecule has 44 valence electrons. The Balaban J connectivity index is 3.01. The van der Waals surface area contributed by atoms with E-state index in [-0.39, 0.29) is 0 Å². The van der Waals surface area contributed by atoms with E-state index in [1.807, 2.05) is 12.3 Å². The smallest absolute Gasteiger partial charge is 0.140 e. The lowest BCUT2D eigenvalue weighted by Gasteiger charge is -1.79. The molecule has 0 radical (unpaired) electrons. The molecule has 1 unspecified atom stereocenters. The fourth-order valence-corrected chi connectivity index (χ4v) is 0.638. The molecule has 0 spiro atoms. The Kier molecular flexibility index (Phi) is 1.82. The van der Waals surface area contributed by atoms with Crippen LogP contribution in [0.15, 0.2) is 18.8 Å². The molecular weight excluding hydrogens is 129 g/mol. The van der Waals surface area contributed by atoms with Crippen LogP contribution >= 0.6 is 9.39 Å². The lowest BCUT2D eigenvalue weighted by molar-refractivity contribution is -0.500. The second-order valence-electron chi connectivity index (χ2n) is 1.62. The number of hydrogen-bond acceptors (Lipinski definition) is 0. The van der Waals surface area contributed by atoms with Crippen molar-refractivity contribution in [2.24, 2.45) is 0 Å². The summed E-state index contributed by atoms with van der Waals surface area (Å²) in [5.74, 6) is 0. The molecule has 0 aliphatic rings. The first-order valence-corrected chi connectivity index (χ1v) is 3.08. The summed E-state index contributed by atoms with van der Waals surface area (Å²) < 4.78 is 1.73. The van der Waals surface area contributed by atoms with Crippen molar-refractivity contribution in [1.29, 1.82) is 0 Å². The summed E-state index contributed by atoms with van der Waals surface area (Å²) in [7, 11) is 2.47. The van der Waals surface area contributed by atoms with Crippen molar-refractivity contribution in [2.75, 3.05) is 0 Å². The van der Waals surface area contributed by atoms with Gasteiger partial charge < -0.3 is 0 Å². The Morgan fingerprint density at radius 2 is 2.56 bits per heavy atom. The Labute approximate surface area is 57.3 Å². The molecule has 9 heavy (non-hydrogen) atoms. The highest BCUT2D eigenvalue weighted by molar-refractivity contribution is 7.07. The average Bonchev–Trinajstić information content (AvgIpc) is 1.90. The van der Waals surface area contributed by atoms with Crippen molar-refractivity contribution >= 4 is 15.5 Å². The van der Waals surface area contributed by atoms with Crippen LogP contribution in [-0.2, 0) is 0 Å². The van der Waals surface area contributed by atoms with Crippen LogP contribution in [0.1, 0.15) is 5.56 Å². The predicted octanol–water partition coefficient (Wildman–Crippen LogP) is 0.856. The van der Waals surface area contributed by atoms with Gasteiger partial charge in [-0.25, -0.2) is 0 Å². The zero-order chi connectivity index (χ0) is 6.69. The topological polar surface area (TPSA) is 3.88 Å². The fraction of sp³-hybridized carbons (Fsp3) is 0. The van der Waals surface area contributed by atoms with Gasteiger partial charge in [0.05, 0.1) is 0 Å². The van der Waals surface area contributed by atoms with E-state index in [0.29, 0.717) is 0 Å². The maximum Gasteiger partial charge on any atom is 0.228 e. The second-order valence-corrected chi connectivity index (χ2v) is 2.18. The zero-order valence-corrected chi connectivity index (χ0v) is 6.12. The van der Waals surface area contributed by atoms with Gasteiger partial charge in [0.25, 0.3) is 0 Å². The van der Waals surface area contributed by atoms with Gasteiger partial charge >= 0.3 is 0 Å². The molecule has 0 saturated heterocycles. The van der Waals surface area contributed by atoms with Crippen LogP contribution in [0.2, 0.25) is 0 Å². The minimum atomic E-state index is 0.966. The summed E-state index contributed by atoms with van der Waals surface area (Å²) >= 11 is 0. The lowest BCUT2D eigenvalue weighted by atomic mass is 10.3. The molecule has 0 aliphatic heterocycles. The first-order chi connectivity index (χ1) is 4.33. The number of hydrogen-bond donors (Lipinski definition) is 0. The van der Waals surface area contributed by atoms with Crippen molar-refractivity contribution in [2.45, 2.75) is 0 Å². The van der Waals surface area contributed by atoms with Gasteiger partial charge in [-0.1, -0.05) is 12.7 Å². The first kappa shape index (κ1) is 6.26. The first-order valence-electron chi connectivity index (χ1n) is 2.56. The van der Waals surface area contributed by atoms with Crippen LogP contribution in [0.5, 0.6) is 0 Å². The average molecular weight is 136 g/mol. The summed E-state index contributed by atoms with van der Waals surface area (Å²) in [6.45, 7) is 3.59. The van der Waals surface area contributed by atoms with E-state index < -0.39 is 0 Å². The third kappa shape index (κ3) is 1.52. The van der Waals surface area contributed by atoms with E-state index in [9.17, 15) is 0 Å². The predicted molar refractivity (Wildman–Crippen MR) is 39.5 cm³/mol. The molecule has 0 fully saturated rings. The third-order valence-electron chi connectivity index (χ3n) is 0.964. The molecule has 0 aliphatic carbocycles. The molecule has 1 rings (SSSR count). The molecule has 0 bridgehead atoms. The highest BCUT2D eigenvalue weighted by Crippen LogP contribution is 1.90. The zero-order valence-electron chi connectivity index (χ0n) is 4.96. The van der Waals surface area contributed by atoms with Gasteiger partial charge in [-0.15, -0.1) is 4.34 Å². The van der Waals surface area contributed by atoms with Gasteiger partial charge in [0.2, 0.25) is 6.20 Å². The monoisotopic (exact) mass is 136 g/mol. The molecular formula is C7H7NP+. The standard InChI is InChI=1S/C7H7NP/c1-2-7-3-5-8(9)6-4-7/h2-3,5H,1,9H2/q+1. The summed E-state index contributed by atoms with van der Waals surface area (Å²) in [4.78, 5) is 0. The van der Waals surface area contributed by atoms with Crippen molar-refractivity contribution in [3.05, 3.63) is 36.7 Å². The van der Waals surface area contributed by atoms with E-state index in [1.165, 1.54) is 0 Å². The Bertz CT molecular complexity index is 203. The van der Waals surface area contributed by atoms with Gasteiger partial charge in [-0.3, -0.25) is 0 Å².